The van der Waals surface area contributed by atoms with Gasteiger partial charge in [0.25, 0.3) is 5.91 Å². The van der Waals surface area contributed by atoms with Gasteiger partial charge in [-0.15, -0.1) is 0 Å². The number of anilines is 2. The van der Waals surface area contributed by atoms with Crippen LogP contribution in [0.4, 0.5) is 11.5 Å². The summed E-state index contributed by atoms with van der Waals surface area (Å²) in [4.78, 5) is 38.3. The normalized spacial score (nSPS) is 19.8. The first-order valence-corrected chi connectivity index (χ1v) is 13.6. The fourth-order valence-corrected chi connectivity index (χ4v) is 6.23. The van der Waals surface area contributed by atoms with E-state index in [0.717, 1.165) is 106 Å². The topological polar surface area (TPSA) is 99.8 Å². The molecule has 0 aliphatic carbocycles. The highest BCUT2D eigenvalue weighted by Gasteiger charge is 2.44. The Morgan fingerprint density at radius 2 is 1.84 bits per heavy atom. The summed E-state index contributed by atoms with van der Waals surface area (Å²) in [6, 6.07) is 9.17. The number of fused-ring (bicyclic) bond motifs is 1. The van der Waals surface area contributed by atoms with Crippen LogP contribution in [-0.2, 0) is 16.0 Å². The third-order valence-electron chi connectivity index (χ3n) is 8.26. The van der Waals surface area contributed by atoms with Crippen LogP contribution in [0.25, 0.3) is 10.9 Å². The van der Waals surface area contributed by atoms with Gasteiger partial charge in [-0.1, -0.05) is 0 Å². The number of aromatic amines is 1. The summed E-state index contributed by atoms with van der Waals surface area (Å²) < 4.78 is 11.2. The molecule has 1 spiro atoms. The Balaban J connectivity index is 1.34. The number of pyridine rings is 2. The summed E-state index contributed by atoms with van der Waals surface area (Å²) in [5.74, 6) is 0.584. The van der Waals surface area contributed by atoms with Crippen molar-refractivity contribution in [3.05, 3.63) is 63.6 Å². The average Bonchev–Trinajstić information content (AvgIpc) is 3.32. The minimum atomic E-state index is -0.174. The second-order valence-electron chi connectivity index (χ2n) is 10.7. The molecule has 9 heteroatoms. The van der Waals surface area contributed by atoms with Crippen LogP contribution in [-0.4, -0.2) is 72.4 Å². The molecule has 2 aromatic heterocycles. The highest BCUT2D eigenvalue weighted by atomic mass is 16.5. The van der Waals surface area contributed by atoms with E-state index in [4.69, 9.17) is 14.5 Å². The lowest BCUT2D eigenvalue weighted by molar-refractivity contribution is 0.0341. The Hall–Kier alpha value is -3.27. The van der Waals surface area contributed by atoms with E-state index in [-0.39, 0.29) is 17.0 Å². The molecule has 0 radical (unpaired) electrons. The number of hydrogen-bond donors (Lipinski definition) is 2. The third-order valence-corrected chi connectivity index (χ3v) is 8.26. The van der Waals surface area contributed by atoms with Crippen molar-refractivity contribution in [2.24, 2.45) is 0 Å². The molecule has 3 aromatic rings. The number of nitrogens with zero attached hydrogens (tertiary/aromatic N) is 3. The van der Waals surface area contributed by atoms with Crippen LogP contribution in [0.5, 0.6) is 0 Å². The fourth-order valence-electron chi connectivity index (χ4n) is 6.23. The molecule has 1 aromatic carbocycles. The number of amides is 1. The molecule has 38 heavy (non-hydrogen) atoms. The van der Waals surface area contributed by atoms with E-state index in [1.165, 1.54) is 0 Å². The molecule has 9 nitrogen and oxygen atoms in total. The first-order valence-electron chi connectivity index (χ1n) is 13.6. The highest BCUT2D eigenvalue weighted by Crippen LogP contribution is 2.41. The van der Waals surface area contributed by atoms with E-state index in [0.29, 0.717) is 11.3 Å². The zero-order chi connectivity index (χ0) is 26.1. The smallest absolute Gasteiger partial charge is 0.259 e. The van der Waals surface area contributed by atoms with Crippen LogP contribution in [0.3, 0.4) is 0 Å². The minimum absolute atomic E-state index is 0.00204. The number of morpholine rings is 1. The van der Waals surface area contributed by atoms with Gasteiger partial charge in [-0.25, -0.2) is 4.98 Å². The molecule has 0 bridgehead atoms. The van der Waals surface area contributed by atoms with Crippen LogP contribution < -0.4 is 15.8 Å². The maximum absolute atomic E-state index is 13.9. The molecule has 0 saturated carbocycles. The van der Waals surface area contributed by atoms with Gasteiger partial charge in [0.15, 0.2) is 0 Å². The molecule has 6 rings (SSSR count). The highest BCUT2D eigenvalue weighted by molar-refractivity contribution is 6.08. The summed E-state index contributed by atoms with van der Waals surface area (Å²) in [6.07, 6.45) is 6.01. The number of aromatic nitrogens is 2. The van der Waals surface area contributed by atoms with Crippen LogP contribution in [0, 0.1) is 6.92 Å². The summed E-state index contributed by atoms with van der Waals surface area (Å²) in [6.45, 7) is 8.21. The van der Waals surface area contributed by atoms with Crippen molar-refractivity contribution >= 4 is 28.3 Å². The number of nitrogens with one attached hydrogen (secondary N) is 2. The van der Waals surface area contributed by atoms with Gasteiger partial charge in [0, 0.05) is 73.8 Å². The van der Waals surface area contributed by atoms with E-state index in [1.807, 2.05) is 37.4 Å². The zero-order valence-electron chi connectivity index (χ0n) is 21.9. The third kappa shape index (κ3) is 4.93. The zero-order valence-corrected chi connectivity index (χ0v) is 21.9. The van der Waals surface area contributed by atoms with Crippen molar-refractivity contribution in [1.29, 1.82) is 0 Å². The summed E-state index contributed by atoms with van der Waals surface area (Å²) in [5, 5.41) is 4.03. The van der Waals surface area contributed by atoms with Gasteiger partial charge in [0.05, 0.1) is 18.8 Å². The van der Waals surface area contributed by atoms with Crippen molar-refractivity contribution in [1.82, 2.24) is 14.9 Å². The Kier molecular flexibility index (Phi) is 6.90. The summed E-state index contributed by atoms with van der Waals surface area (Å²) >= 11 is 0. The van der Waals surface area contributed by atoms with Crippen LogP contribution in [0.15, 0.2) is 41.3 Å². The quantitative estimate of drug-likeness (QED) is 0.535. The molecule has 3 aliphatic heterocycles. The van der Waals surface area contributed by atoms with Gasteiger partial charge in [-0.2, -0.15) is 0 Å². The Bertz CT molecular complexity index is 1390. The standard InChI is InChI=1S/C29H35N5O4/c1-20-15-26(35)32-25-4-3-22(17-23(20)25)31-28(36)24-16-21(19-33-9-13-38-14-10-33)18-30-27(24)34-8-2-5-29(34)6-11-37-12-7-29/h3-4,15-18H,2,5-14,19H2,1H3,(H,31,36)(H,32,35). The van der Waals surface area contributed by atoms with Crippen LogP contribution >= 0.6 is 0 Å². The lowest BCUT2D eigenvalue weighted by atomic mass is 9.87. The maximum atomic E-state index is 13.9. The number of carbonyl (C=O) groups is 1. The van der Waals surface area contributed by atoms with Crippen molar-refractivity contribution in [3.63, 3.8) is 0 Å². The number of carbonyl (C=O) groups excluding carboxylic acids is 1. The van der Waals surface area contributed by atoms with E-state index in [2.05, 4.69) is 20.1 Å². The molecule has 5 heterocycles. The number of rotatable bonds is 5. The largest absolute Gasteiger partial charge is 0.381 e. The van der Waals surface area contributed by atoms with Gasteiger partial charge in [0.1, 0.15) is 5.82 Å². The molecule has 1 amide bonds. The number of aryl methyl sites for hydroxylation is 1. The average molecular weight is 518 g/mol. The molecule has 2 N–H and O–H groups in total. The van der Waals surface area contributed by atoms with Crippen molar-refractivity contribution in [3.8, 4) is 0 Å². The Labute approximate surface area is 222 Å². The van der Waals surface area contributed by atoms with E-state index in [9.17, 15) is 9.59 Å². The maximum Gasteiger partial charge on any atom is 0.259 e. The van der Waals surface area contributed by atoms with Gasteiger partial charge in [-0.3, -0.25) is 14.5 Å². The van der Waals surface area contributed by atoms with E-state index in [1.54, 1.807) is 6.07 Å². The molecule has 3 fully saturated rings. The second-order valence-corrected chi connectivity index (χ2v) is 10.7. The molecular formula is C29H35N5O4. The summed E-state index contributed by atoms with van der Waals surface area (Å²) in [7, 11) is 0. The lowest BCUT2D eigenvalue weighted by Gasteiger charge is -2.42. The Morgan fingerprint density at radius 3 is 2.66 bits per heavy atom. The van der Waals surface area contributed by atoms with E-state index < -0.39 is 0 Å². The molecule has 200 valence electrons. The number of benzene rings is 1. The van der Waals surface area contributed by atoms with Crippen molar-refractivity contribution in [2.45, 2.75) is 44.7 Å². The molecule has 3 saturated heterocycles. The van der Waals surface area contributed by atoms with Crippen molar-refractivity contribution < 1.29 is 14.3 Å². The monoisotopic (exact) mass is 517 g/mol. The first kappa shape index (κ1) is 25.0. The van der Waals surface area contributed by atoms with E-state index >= 15 is 0 Å². The van der Waals surface area contributed by atoms with Crippen molar-refractivity contribution in [2.75, 3.05) is 56.3 Å². The number of ether oxygens (including phenoxy) is 2. The van der Waals surface area contributed by atoms with Gasteiger partial charge in [0.2, 0.25) is 5.56 Å². The van der Waals surface area contributed by atoms with Gasteiger partial charge in [-0.05, 0) is 68.0 Å². The minimum Gasteiger partial charge on any atom is -0.381 e. The number of H-pyrrole nitrogens is 1. The second kappa shape index (κ2) is 10.5. The molecule has 0 unspecified atom stereocenters. The van der Waals surface area contributed by atoms with Crippen LogP contribution in [0.2, 0.25) is 0 Å². The van der Waals surface area contributed by atoms with Crippen LogP contribution in [0.1, 0.15) is 47.2 Å². The van der Waals surface area contributed by atoms with Gasteiger partial charge >= 0.3 is 0 Å². The van der Waals surface area contributed by atoms with Gasteiger partial charge < -0.3 is 24.7 Å². The number of hydrogen-bond acceptors (Lipinski definition) is 7. The predicted molar refractivity (Wildman–Crippen MR) is 147 cm³/mol. The molecule has 0 atom stereocenters. The predicted octanol–water partition coefficient (Wildman–Crippen LogP) is 3.47. The molecular weight excluding hydrogens is 482 g/mol. The fraction of sp³-hybridized carbons (Fsp3) is 0.483. The lowest BCUT2D eigenvalue weighted by Crippen LogP contribution is -2.49. The molecule has 3 aliphatic rings. The Morgan fingerprint density at radius 1 is 1.05 bits per heavy atom. The summed E-state index contributed by atoms with van der Waals surface area (Å²) in [5.41, 5.74) is 3.79. The first-order chi connectivity index (χ1) is 18.5. The SMILES string of the molecule is Cc1cc(=O)[nH]c2ccc(NC(=O)c3cc(CN4CCOCC4)cnc3N3CCCC34CCOCC4)cc12.